The lowest BCUT2D eigenvalue weighted by Gasteiger charge is -2.14. The minimum Gasteiger partial charge on any atom is -0.348 e. The van der Waals surface area contributed by atoms with Gasteiger partial charge in [0.15, 0.2) is 0 Å². The maximum Gasteiger partial charge on any atom is 0.252 e. The van der Waals surface area contributed by atoms with E-state index in [-0.39, 0.29) is 11.9 Å². The van der Waals surface area contributed by atoms with Crippen molar-refractivity contribution in [3.8, 4) is 12.3 Å². The lowest BCUT2D eigenvalue weighted by Crippen LogP contribution is -2.34. The van der Waals surface area contributed by atoms with Crippen LogP contribution in [-0.4, -0.2) is 11.9 Å². The molecule has 1 amide bonds. The Labute approximate surface area is 118 Å². The highest BCUT2D eigenvalue weighted by Crippen LogP contribution is 2.22. The molecule has 0 bridgehead atoms. The van der Waals surface area contributed by atoms with E-state index in [9.17, 15) is 4.79 Å². The van der Waals surface area contributed by atoms with Gasteiger partial charge in [-0.2, -0.15) is 0 Å². The van der Waals surface area contributed by atoms with Crippen LogP contribution in [0.5, 0.6) is 0 Å². The van der Waals surface area contributed by atoms with E-state index in [1.807, 2.05) is 19.1 Å². The van der Waals surface area contributed by atoms with E-state index >= 15 is 0 Å². The molecule has 4 heteroatoms. The predicted octanol–water partition coefficient (Wildman–Crippen LogP) is 3.74. The Bertz CT molecular complexity index is 451. The normalized spacial score (nSPS) is 11.6. The number of hydrogen-bond donors (Lipinski definition) is 1. The number of amides is 1. The van der Waals surface area contributed by atoms with Crippen LogP contribution in [-0.2, 0) is 0 Å². The minimum atomic E-state index is -0.105. The third-order valence-electron chi connectivity index (χ3n) is 2.37. The van der Waals surface area contributed by atoms with E-state index < -0.39 is 0 Å². The molecule has 0 saturated carbocycles. The largest absolute Gasteiger partial charge is 0.348 e. The molecule has 0 aromatic heterocycles. The molecule has 1 rings (SSSR count). The van der Waals surface area contributed by atoms with E-state index in [1.165, 1.54) is 0 Å². The molecule has 0 aliphatic carbocycles. The van der Waals surface area contributed by atoms with Gasteiger partial charge in [0.1, 0.15) is 0 Å². The van der Waals surface area contributed by atoms with E-state index in [2.05, 4.69) is 43.1 Å². The number of halogens is 2. The molecule has 0 fully saturated rings. The van der Waals surface area contributed by atoms with Crippen LogP contribution in [0.3, 0.4) is 0 Å². The highest BCUT2D eigenvalue weighted by atomic mass is 79.9. The van der Waals surface area contributed by atoms with Crippen molar-refractivity contribution in [2.45, 2.75) is 25.8 Å². The monoisotopic (exact) mass is 357 g/mol. The highest BCUT2D eigenvalue weighted by molar-refractivity contribution is 9.11. The summed E-state index contributed by atoms with van der Waals surface area (Å²) in [6.07, 6.45) is 6.63. The zero-order chi connectivity index (χ0) is 12.8. The van der Waals surface area contributed by atoms with Crippen LogP contribution in [0.4, 0.5) is 0 Å². The first-order chi connectivity index (χ1) is 8.08. The second-order valence-electron chi connectivity index (χ2n) is 3.61. The summed E-state index contributed by atoms with van der Waals surface area (Å²) < 4.78 is 1.69. The summed E-state index contributed by atoms with van der Waals surface area (Å²) in [5.74, 6) is 2.46. The average Bonchev–Trinajstić information content (AvgIpc) is 2.28. The van der Waals surface area contributed by atoms with Crippen LogP contribution in [0.25, 0.3) is 0 Å². The maximum absolute atomic E-state index is 12.0. The fraction of sp³-hybridized carbons (Fsp3) is 0.308. The second kappa shape index (κ2) is 6.83. The molecule has 0 spiro atoms. The highest BCUT2D eigenvalue weighted by Gasteiger charge is 2.13. The van der Waals surface area contributed by atoms with Crippen LogP contribution in [0.2, 0.25) is 0 Å². The van der Waals surface area contributed by atoms with E-state index in [4.69, 9.17) is 6.42 Å². The number of hydrogen-bond acceptors (Lipinski definition) is 1. The molecule has 0 aliphatic rings. The number of benzene rings is 1. The van der Waals surface area contributed by atoms with Crippen molar-refractivity contribution in [1.29, 1.82) is 0 Å². The molecule has 2 nitrogen and oxygen atoms in total. The Hall–Kier alpha value is -0.790. The van der Waals surface area contributed by atoms with E-state index in [1.54, 1.807) is 6.07 Å². The fourth-order valence-corrected chi connectivity index (χ4v) is 2.60. The molecule has 17 heavy (non-hydrogen) atoms. The Morgan fingerprint density at radius 1 is 1.53 bits per heavy atom. The van der Waals surface area contributed by atoms with Gasteiger partial charge in [0, 0.05) is 21.4 Å². The van der Waals surface area contributed by atoms with Gasteiger partial charge in [0.2, 0.25) is 0 Å². The predicted molar refractivity (Wildman–Crippen MR) is 76.8 cm³/mol. The summed E-state index contributed by atoms with van der Waals surface area (Å²) in [6, 6.07) is 5.48. The van der Waals surface area contributed by atoms with Crippen LogP contribution in [0.15, 0.2) is 27.1 Å². The van der Waals surface area contributed by atoms with Crippen molar-refractivity contribution in [2.24, 2.45) is 0 Å². The van der Waals surface area contributed by atoms with Crippen molar-refractivity contribution < 1.29 is 4.79 Å². The quantitative estimate of drug-likeness (QED) is 0.816. The lowest BCUT2D eigenvalue weighted by atomic mass is 10.1. The molecular weight excluding hydrogens is 346 g/mol. The maximum atomic E-state index is 12.0. The van der Waals surface area contributed by atoms with Crippen molar-refractivity contribution >= 4 is 37.8 Å². The van der Waals surface area contributed by atoms with Gasteiger partial charge >= 0.3 is 0 Å². The smallest absolute Gasteiger partial charge is 0.252 e. The molecule has 0 saturated heterocycles. The Morgan fingerprint density at radius 3 is 2.76 bits per heavy atom. The molecule has 0 heterocycles. The van der Waals surface area contributed by atoms with Gasteiger partial charge in [0.25, 0.3) is 5.91 Å². The number of nitrogens with one attached hydrogen (secondary N) is 1. The van der Waals surface area contributed by atoms with Crippen LogP contribution in [0.1, 0.15) is 30.1 Å². The summed E-state index contributed by atoms with van der Waals surface area (Å²) in [6.45, 7) is 2.00. The Balaban J connectivity index is 2.79. The van der Waals surface area contributed by atoms with E-state index in [0.29, 0.717) is 12.0 Å². The van der Waals surface area contributed by atoms with Gasteiger partial charge < -0.3 is 5.32 Å². The first-order valence-corrected chi connectivity index (χ1v) is 6.86. The summed E-state index contributed by atoms with van der Waals surface area (Å²) >= 11 is 6.71. The zero-order valence-corrected chi connectivity index (χ0v) is 12.6. The van der Waals surface area contributed by atoms with Crippen molar-refractivity contribution in [3.63, 3.8) is 0 Å². The standard InChI is InChI=1S/C13H13Br2NO/c1-3-5-10(4-2)16-13(17)11-7-6-9(14)8-12(11)15/h1,6-8,10H,4-5H2,2H3,(H,16,17). The molecule has 0 radical (unpaired) electrons. The SMILES string of the molecule is C#CCC(CC)NC(=O)c1ccc(Br)cc1Br. The third kappa shape index (κ3) is 4.18. The topological polar surface area (TPSA) is 29.1 Å². The Kier molecular flexibility index (Phi) is 5.73. The molecule has 1 aromatic rings. The molecule has 0 aliphatic heterocycles. The number of carbonyl (C=O) groups is 1. The van der Waals surface area contributed by atoms with Gasteiger partial charge in [-0.15, -0.1) is 12.3 Å². The third-order valence-corrected chi connectivity index (χ3v) is 3.52. The summed E-state index contributed by atoms with van der Waals surface area (Å²) in [5, 5.41) is 2.92. The van der Waals surface area contributed by atoms with Crippen LogP contribution < -0.4 is 5.32 Å². The number of rotatable bonds is 4. The van der Waals surface area contributed by atoms with Gasteiger partial charge in [0.05, 0.1) is 5.56 Å². The first kappa shape index (κ1) is 14.3. The van der Waals surface area contributed by atoms with E-state index in [0.717, 1.165) is 15.4 Å². The van der Waals surface area contributed by atoms with Gasteiger partial charge in [-0.3, -0.25) is 4.79 Å². The Morgan fingerprint density at radius 2 is 2.24 bits per heavy atom. The lowest BCUT2D eigenvalue weighted by molar-refractivity contribution is 0.0936. The van der Waals surface area contributed by atoms with Crippen molar-refractivity contribution in [2.75, 3.05) is 0 Å². The summed E-state index contributed by atoms with van der Waals surface area (Å²) in [4.78, 5) is 12.0. The van der Waals surface area contributed by atoms with Gasteiger partial charge in [-0.25, -0.2) is 0 Å². The molecular formula is C13H13Br2NO. The molecule has 90 valence electrons. The average molecular weight is 359 g/mol. The number of carbonyl (C=O) groups excluding carboxylic acids is 1. The second-order valence-corrected chi connectivity index (χ2v) is 5.38. The molecule has 1 aromatic carbocycles. The van der Waals surface area contributed by atoms with Crippen molar-refractivity contribution in [3.05, 3.63) is 32.7 Å². The zero-order valence-electron chi connectivity index (χ0n) is 9.47. The fourth-order valence-electron chi connectivity index (χ4n) is 1.38. The van der Waals surface area contributed by atoms with Crippen LogP contribution in [0, 0.1) is 12.3 Å². The van der Waals surface area contributed by atoms with Gasteiger partial charge in [-0.1, -0.05) is 22.9 Å². The number of terminal acetylenes is 1. The van der Waals surface area contributed by atoms with Crippen molar-refractivity contribution in [1.82, 2.24) is 5.32 Å². The molecule has 1 N–H and O–H groups in total. The first-order valence-electron chi connectivity index (χ1n) is 5.27. The summed E-state index contributed by atoms with van der Waals surface area (Å²) in [7, 11) is 0. The molecule has 1 atom stereocenters. The van der Waals surface area contributed by atoms with Gasteiger partial charge in [-0.05, 0) is 40.5 Å². The minimum absolute atomic E-state index is 0.0306. The summed E-state index contributed by atoms with van der Waals surface area (Å²) in [5.41, 5.74) is 0.615. The van der Waals surface area contributed by atoms with Crippen LogP contribution >= 0.6 is 31.9 Å². The molecule has 1 unspecified atom stereocenters.